The van der Waals surface area contributed by atoms with E-state index in [9.17, 15) is 4.79 Å². The van der Waals surface area contributed by atoms with E-state index >= 15 is 0 Å². The number of nitriles is 1. The molecule has 1 saturated carbocycles. The normalized spacial score (nSPS) is 17.4. The zero-order valence-corrected chi connectivity index (χ0v) is 11.1. The monoisotopic (exact) mass is 256 g/mol. The van der Waals surface area contributed by atoms with Crippen LogP contribution in [-0.2, 0) is 4.79 Å². The maximum Gasteiger partial charge on any atom is 0.234 e. The average Bonchev–Trinajstić information content (AvgIpc) is 2.47. The molecule has 0 aromatic heterocycles. The molecule has 1 aromatic carbocycles. The second kappa shape index (κ2) is 6.94. The quantitative estimate of drug-likeness (QED) is 0.898. The smallest absolute Gasteiger partial charge is 0.234 e. The van der Waals surface area contributed by atoms with Crippen LogP contribution in [0.3, 0.4) is 0 Å². The van der Waals surface area contributed by atoms with Gasteiger partial charge in [-0.2, -0.15) is 5.26 Å². The number of nitrogens with one attached hydrogen (secondary N) is 1. The molecule has 1 amide bonds. The summed E-state index contributed by atoms with van der Waals surface area (Å²) >= 11 is 0. The Kier molecular flexibility index (Phi) is 4.97. The van der Waals surface area contributed by atoms with Crippen LogP contribution in [-0.4, -0.2) is 5.91 Å². The van der Waals surface area contributed by atoms with E-state index in [4.69, 9.17) is 5.26 Å². The lowest BCUT2D eigenvalue weighted by Crippen LogP contribution is -2.34. The minimum Gasteiger partial charge on any atom is -0.348 e. The zero-order chi connectivity index (χ0) is 13.5. The fraction of sp³-hybridized carbons (Fsp3) is 0.500. The first kappa shape index (κ1) is 13.6. The topological polar surface area (TPSA) is 52.9 Å². The molecular formula is C16H20N2O. The van der Waals surface area contributed by atoms with Crippen molar-refractivity contribution in [1.82, 2.24) is 5.32 Å². The Morgan fingerprint density at radius 2 is 1.95 bits per heavy atom. The van der Waals surface area contributed by atoms with Gasteiger partial charge in [0.2, 0.25) is 5.91 Å². The highest BCUT2D eigenvalue weighted by molar-refractivity contribution is 5.78. The van der Waals surface area contributed by atoms with E-state index in [0.29, 0.717) is 5.92 Å². The third kappa shape index (κ3) is 3.82. The predicted octanol–water partition coefficient (Wildman–Crippen LogP) is 3.34. The molecule has 2 rings (SSSR count). The Morgan fingerprint density at radius 3 is 2.58 bits per heavy atom. The van der Waals surface area contributed by atoms with Gasteiger partial charge in [0.1, 0.15) is 6.42 Å². The highest BCUT2D eigenvalue weighted by atomic mass is 16.1. The van der Waals surface area contributed by atoms with Crippen molar-refractivity contribution in [2.75, 3.05) is 0 Å². The Hall–Kier alpha value is -1.82. The second-order valence-corrected chi connectivity index (χ2v) is 5.19. The van der Waals surface area contributed by atoms with Gasteiger partial charge in [-0.1, -0.05) is 49.6 Å². The maximum absolute atomic E-state index is 11.7. The Labute approximate surface area is 114 Å². The van der Waals surface area contributed by atoms with Crippen LogP contribution in [0.25, 0.3) is 0 Å². The summed E-state index contributed by atoms with van der Waals surface area (Å²) in [5.74, 6) is 0.334. The first-order valence-corrected chi connectivity index (χ1v) is 7.02. The van der Waals surface area contributed by atoms with Crippen molar-refractivity contribution in [3.8, 4) is 6.07 Å². The number of rotatable bonds is 4. The van der Waals surface area contributed by atoms with Crippen molar-refractivity contribution in [3.63, 3.8) is 0 Å². The van der Waals surface area contributed by atoms with Crippen LogP contribution in [0, 0.1) is 17.2 Å². The summed E-state index contributed by atoms with van der Waals surface area (Å²) in [4.78, 5) is 11.7. The van der Waals surface area contributed by atoms with E-state index in [0.717, 1.165) is 18.4 Å². The minimum atomic E-state index is -0.165. The van der Waals surface area contributed by atoms with Crippen LogP contribution in [0.15, 0.2) is 30.3 Å². The zero-order valence-electron chi connectivity index (χ0n) is 11.1. The minimum absolute atomic E-state index is 0.0577. The molecule has 1 aliphatic carbocycles. The molecule has 0 heterocycles. The highest BCUT2D eigenvalue weighted by Gasteiger charge is 2.26. The number of benzene rings is 1. The molecular weight excluding hydrogens is 236 g/mol. The third-order valence-electron chi connectivity index (χ3n) is 3.84. The van der Waals surface area contributed by atoms with Crippen LogP contribution in [0.5, 0.6) is 0 Å². The fourth-order valence-electron chi connectivity index (χ4n) is 2.90. The molecule has 0 aliphatic heterocycles. The van der Waals surface area contributed by atoms with E-state index in [1.54, 1.807) is 0 Å². The van der Waals surface area contributed by atoms with E-state index in [-0.39, 0.29) is 18.4 Å². The van der Waals surface area contributed by atoms with Gasteiger partial charge in [0.05, 0.1) is 12.1 Å². The standard InChI is InChI=1S/C16H20N2O/c17-12-11-15(19)18-16(13-7-3-1-4-8-13)14-9-5-2-6-10-14/h1,3-4,7-8,14,16H,2,5-6,9-11H2,(H,18,19). The molecule has 0 radical (unpaired) electrons. The fourth-order valence-corrected chi connectivity index (χ4v) is 2.90. The largest absolute Gasteiger partial charge is 0.348 e. The van der Waals surface area contributed by atoms with Gasteiger partial charge in [-0.3, -0.25) is 4.79 Å². The molecule has 3 heteroatoms. The van der Waals surface area contributed by atoms with Gasteiger partial charge < -0.3 is 5.32 Å². The van der Waals surface area contributed by atoms with Crippen LogP contribution in [0.4, 0.5) is 0 Å². The van der Waals surface area contributed by atoms with Crippen molar-refractivity contribution >= 4 is 5.91 Å². The Bertz CT molecular complexity index is 444. The number of amides is 1. The Morgan fingerprint density at radius 1 is 1.26 bits per heavy atom. The number of carbonyl (C=O) groups is 1. The summed E-state index contributed by atoms with van der Waals surface area (Å²) in [6, 6.07) is 12.1. The summed E-state index contributed by atoms with van der Waals surface area (Å²) in [5.41, 5.74) is 1.15. The molecule has 3 nitrogen and oxygen atoms in total. The van der Waals surface area contributed by atoms with E-state index in [1.807, 2.05) is 24.3 Å². The molecule has 1 aromatic rings. The lowest BCUT2D eigenvalue weighted by molar-refractivity contribution is -0.121. The molecule has 0 bridgehead atoms. The number of carbonyl (C=O) groups excluding carboxylic acids is 1. The van der Waals surface area contributed by atoms with E-state index in [1.165, 1.54) is 19.3 Å². The van der Waals surface area contributed by atoms with Crippen LogP contribution in [0.1, 0.15) is 50.1 Å². The first-order chi connectivity index (χ1) is 9.31. The lowest BCUT2D eigenvalue weighted by Gasteiger charge is -2.31. The molecule has 1 unspecified atom stereocenters. The predicted molar refractivity (Wildman–Crippen MR) is 74.1 cm³/mol. The molecule has 0 spiro atoms. The molecule has 1 aliphatic rings. The Balaban J connectivity index is 2.13. The van der Waals surface area contributed by atoms with Crippen LogP contribution >= 0.6 is 0 Å². The SMILES string of the molecule is N#CCC(=O)NC(c1ccccc1)C1CCCCC1. The number of nitrogens with zero attached hydrogens (tertiary/aromatic N) is 1. The van der Waals surface area contributed by atoms with E-state index in [2.05, 4.69) is 17.4 Å². The van der Waals surface area contributed by atoms with Crippen LogP contribution < -0.4 is 5.32 Å². The van der Waals surface area contributed by atoms with Crippen molar-refractivity contribution in [2.45, 2.75) is 44.6 Å². The average molecular weight is 256 g/mol. The van der Waals surface area contributed by atoms with Crippen molar-refractivity contribution < 1.29 is 4.79 Å². The molecule has 19 heavy (non-hydrogen) atoms. The summed E-state index contributed by atoms with van der Waals surface area (Å²) in [6.07, 6.45) is 6.03. The van der Waals surface area contributed by atoms with Gasteiger partial charge in [0, 0.05) is 0 Å². The van der Waals surface area contributed by atoms with Gasteiger partial charge in [-0.15, -0.1) is 0 Å². The van der Waals surface area contributed by atoms with Gasteiger partial charge in [-0.05, 0) is 24.3 Å². The summed E-state index contributed by atoms with van der Waals surface area (Å²) in [7, 11) is 0. The third-order valence-corrected chi connectivity index (χ3v) is 3.84. The summed E-state index contributed by atoms with van der Waals surface area (Å²) in [5, 5.41) is 11.7. The van der Waals surface area contributed by atoms with Crippen molar-refractivity contribution in [3.05, 3.63) is 35.9 Å². The highest BCUT2D eigenvalue weighted by Crippen LogP contribution is 2.34. The van der Waals surface area contributed by atoms with Crippen molar-refractivity contribution in [2.24, 2.45) is 5.92 Å². The number of hydrogen-bond acceptors (Lipinski definition) is 2. The summed E-state index contributed by atoms with van der Waals surface area (Å²) < 4.78 is 0. The van der Waals surface area contributed by atoms with Crippen molar-refractivity contribution in [1.29, 1.82) is 5.26 Å². The maximum atomic E-state index is 11.7. The molecule has 0 saturated heterocycles. The first-order valence-electron chi connectivity index (χ1n) is 7.02. The van der Waals surface area contributed by atoms with E-state index < -0.39 is 0 Å². The molecule has 1 fully saturated rings. The number of hydrogen-bond donors (Lipinski definition) is 1. The summed E-state index contributed by atoms with van der Waals surface area (Å²) in [6.45, 7) is 0. The molecule has 1 atom stereocenters. The van der Waals surface area contributed by atoms with Gasteiger partial charge >= 0.3 is 0 Å². The lowest BCUT2D eigenvalue weighted by atomic mass is 9.81. The molecule has 100 valence electrons. The van der Waals surface area contributed by atoms with Gasteiger partial charge in [-0.25, -0.2) is 0 Å². The molecule has 1 N–H and O–H groups in total. The van der Waals surface area contributed by atoms with Gasteiger partial charge in [0.25, 0.3) is 0 Å². The van der Waals surface area contributed by atoms with Gasteiger partial charge in [0.15, 0.2) is 0 Å². The van der Waals surface area contributed by atoms with Crippen LogP contribution in [0.2, 0.25) is 0 Å². The second-order valence-electron chi connectivity index (χ2n) is 5.19.